The molecular weight excluding hydrogens is 1880 g/mol. The Morgan fingerprint density at radius 2 is 0.373 bits per heavy atom. The highest BCUT2D eigenvalue weighted by molar-refractivity contribution is 5.30. The molecule has 1 aromatic rings. The SMILES string of the molecule is CCCCCCCCCCCCCCCCCCC(CO[C@@H]1OC(CO)[C@@H](O[C@H]2OC(CO)[C@@H](O)[C@H](O)C2O)[C@H](O)C1O)(CO[C@@H]1OC(CO)[C@@H](O[C@@H]2OC(CO)[C@@H](O)[C@H](O)C2O)[C@H](O)C1O)Cc1ccccc1CC(CCCCCCCCCCCCCCCCCC)(CO[C@@H]1OC(CO)[C@@H](O[C@@H]2OC(CO)[C@@H](O)[C@H](O)C2O)[C@H](O)C1O)CO[C@@H]1OC(CO)[C@@H](O[C@@H]2OC(CO)[C@@H](O)[C@H](O)C2O)[C@H](O)C1O. The summed E-state index contributed by atoms with van der Waals surface area (Å²) in [6.07, 6.45) is -43.1. The first-order valence-corrected chi connectivity index (χ1v) is 52.2. The zero-order valence-electron chi connectivity index (χ0n) is 82.4. The van der Waals surface area contributed by atoms with E-state index in [-0.39, 0.29) is 25.7 Å². The fourth-order valence-electron chi connectivity index (χ4n) is 20.4. The Bertz CT molecular complexity index is 3100. The molecule has 0 spiro atoms. The predicted octanol–water partition coefficient (Wildman–Crippen LogP) is -3.39. The standard InChI is InChI=1S/C98H174O44/c1-3-5-7-9-11-13-15-17-19-21-23-25-27-29-31-35-39-97(51-127-89-81(123)73(115)85(61(47-103)135-89)139-93-77(119)69(111)65(107)57(43-99)131-93,52-128-90-82(124)74(116)86(62(48-104)136-90)140-94-78(120)70(112)66(108)58(44-100)132-94)41-55-37-33-34-38-56(55)42-98(40-36-32-30-28-26-24-22-20-18-16-14-12-10-8-6-4-2,53-129-91-83(125)75(117)87(63(49-105)137-91)141-95-79(121)71(113)67(109)59(45-101)133-95)54-130-92-84(126)76(118)88(64(50-106)138-92)142-96-80(122)72(114)68(110)60(46-102)134-96/h33-34,37-38,57-96,99-126H,3-32,35-36,39-54H2,1-2H3/t57?,58?,59?,60?,61?,62?,63?,64?,65-,66-,67-,68-,69+,70+,71+,72+,73-,74-,75-,76-,77?,78?,79?,80?,81?,82?,83?,84?,85-,86-,87-,88-,89-,90-,91-,92-,93-,94+,95+,96+,97?,98?/m1/s1. The van der Waals surface area contributed by atoms with E-state index in [4.69, 9.17) is 75.8 Å². The van der Waals surface area contributed by atoms with Crippen molar-refractivity contribution >= 4 is 0 Å². The summed E-state index contributed by atoms with van der Waals surface area (Å²) in [4.78, 5) is 0. The predicted molar refractivity (Wildman–Crippen MR) is 496 cm³/mol. The van der Waals surface area contributed by atoms with Crippen LogP contribution in [0.4, 0.5) is 0 Å². The summed E-state index contributed by atoms with van der Waals surface area (Å²) in [6, 6.07) is 6.93. The molecule has 44 heteroatoms. The molecule has 0 radical (unpaired) electrons. The fourth-order valence-corrected chi connectivity index (χ4v) is 20.4. The maximum atomic E-state index is 12.3. The van der Waals surface area contributed by atoms with Crippen LogP contribution < -0.4 is 0 Å². The van der Waals surface area contributed by atoms with Crippen molar-refractivity contribution in [1.29, 1.82) is 0 Å². The minimum Gasteiger partial charge on any atom is -0.394 e. The smallest absolute Gasteiger partial charge is 0.187 e. The Balaban J connectivity index is 1.11. The molecule has 8 saturated heterocycles. The van der Waals surface area contributed by atoms with Crippen LogP contribution in [0.5, 0.6) is 0 Å². The number of aliphatic hydroxyl groups excluding tert-OH is 28. The number of unbranched alkanes of at least 4 members (excludes halogenated alkanes) is 30. The van der Waals surface area contributed by atoms with Crippen molar-refractivity contribution in [2.45, 2.75) is 491 Å². The third kappa shape index (κ3) is 34.5. The molecule has 142 heavy (non-hydrogen) atoms. The molecule has 8 aliphatic heterocycles. The topological polar surface area (TPSA) is 714 Å². The number of hydrogen-bond acceptors (Lipinski definition) is 44. The van der Waals surface area contributed by atoms with Gasteiger partial charge in [-0.2, -0.15) is 0 Å². The molecule has 0 aliphatic carbocycles. The Kier molecular flexibility index (Phi) is 54.7. The Hall–Kier alpha value is -2.54. The van der Waals surface area contributed by atoms with Gasteiger partial charge in [0.15, 0.2) is 50.3 Å². The zero-order chi connectivity index (χ0) is 103. The first-order chi connectivity index (χ1) is 68.3. The summed E-state index contributed by atoms with van der Waals surface area (Å²) >= 11 is 0. The van der Waals surface area contributed by atoms with Gasteiger partial charge in [-0.3, -0.25) is 0 Å². The molecule has 8 aliphatic rings. The van der Waals surface area contributed by atoms with Crippen molar-refractivity contribution in [2.24, 2.45) is 10.8 Å². The second kappa shape index (κ2) is 63.2. The third-order valence-corrected chi connectivity index (χ3v) is 29.4. The van der Waals surface area contributed by atoms with E-state index in [2.05, 4.69) is 13.8 Å². The summed E-state index contributed by atoms with van der Waals surface area (Å²) < 4.78 is 98.3. The van der Waals surface area contributed by atoms with Gasteiger partial charge in [0.25, 0.3) is 0 Å². The number of benzene rings is 1. The summed E-state index contributed by atoms with van der Waals surface area (Å²) in [5, 5.41) is 313. The van der Waals surface area contributed by atoms with Crippen molar-refractivity contribution in [3.63, 3.8) is 0 Å². The van der Waals surface area contributed by atoms with E-state index in [1.807, 2.05) is 0 Å². The Labute approximate surface area is 831 Å². The van der Waals surface area contributed by atoms with Gasteiger partial charge >= 0.3 is 0 Å². The van der Waals surface area contributed by atoms with E-state index >= 15 is 0 Å². The quantitative estimate of drug-likeness (QED) is 0.0283. The van der Waals surface area contributed by atoms with E-state index in [9.17, 15) is 143 Å². The van der Waals surface area contributed by atoms with E-state index in [0.29, 0.717) is 49.7 Å². The molecule has 0 bridgehead atoms. The molecule has 1 aromatic carbocycles. The number of hydrogen-bond donors (Lipinski definition) is 28. The monoisotopic (exact) mass is 2060 g/mol. The maximum absolute atomic E-state index is 12.3. The second-order valence-electron chi connectivity index (χ2n) is 40.5. The highest BCUT2D eigenvalue weighted by Gasteiger charge is 2.58. The van der Waals surface area contributed by atoms with Crippen LogP contribution in [0.2, 0.25) is 0 Å². The van der Waals surface area contributed by atoms with E-state index < -0.39 is 336 Å². The van der Waals surface area contributed by atoms with Gasteiger partial charge in [0, 0.05) is 10.8 Å². The average molecular weight is 2060 g/mol. The first-order valence-electron chi connectivity index (χ1n) is 52.2. The van der Waals surface area contributed by atoms with Crippen LogP contribution in [-0.4, -0.2) is 468 Å². The second-order valence-corrected chi connectivity index (χ2v) is 40.5. The van der Waals surface area contributed by atoms with Gasteiger partial charge in [0.05, 0.1) is 79.3 Å². The summed E-state index contributed by atoms with van der Waals surface area (Å²) in [5.74, 6) is 0. The molecule has 0 amide bonds. The van der Waals surface area contributed by atoms with Crippen molar-refractivity contribution < 1.29 is 219 Å². The fraction of sp³-hybridized carbons (Fsp3) is 0.939. The zero-order valence-corrected chi connectivity index (χ0v) is 82.4. The molecule has 44 nitrogen and oxygen atoms in total. The lowest BCUT2D eigenvalue weighted by molar-refractivity contribution is -0.365. The minimum absolute atomic E-state index is 0.0876. The van der Waals surface area contributed by atoms with Crippen LogP contribution in [0, 0.1) is 10.8 Å². The lowest BCUT2D eigenvalue weighted by Crippen LogP contribution is -2.65. The lowest BCUT2D eigenvalue weighted by atomic mass is 9.73. The van der Waals surface area contributed by atoms with Crippen molar-refractivity contribution in [3.8, 4) is 0 Å². The first kappa shape index (κ1) is 123. The van der Waals surface area contributed by atoms with Crippen LogP contribution in [0.25, 0.3) is 0 Å². The van der Waals surface area contributed by atoms with Crippen molar-refractivity contribution in [1.82, 2.24) is 0 Å². The van der Waals surface area contributed by atoms with Gasteiger partial charge in [-0.05, 0) is 36.8 Å². The molecule has 0 saturated carbocycles. The van der Waals surface area contributed by atoms with Crippen molar-refractivity contribution in [3.05, 3.63) is 35.4 Å². The summed E-state index contributed by atoms with van der Waals surface area (Å²) in [6.45, 7) is -5.29. The molecule has 830 valence electrons. The van der Waals surface area contributed by atoms with Gasteiger partial charge < -0.3 is 219 Å². The molecule has 9 rings (SSSR count). The summed E-state index contributed by atoms with van der Waals surface area (Å²) in [7, 11) is 0. The largest absolute Gasteiger partial charge is 0.394 e. The Morgan fingerprint density at radius 3 is 0.556 bits per heavy atom. The molecule has 0 aromatic heterocycles. The molecular formula is C98H174O44. The van der Waals surface area contributed by atoms with Gasteiger partial charge in [0.1, 0.15) is 195 Å². The van der Waals surface area contributed by atoms with E-state index in [0.717, 1.165) is 89.9 Å². The molecule has 28 N–H and O–H groups in total. The van der Waals surface area contributed by atoms with Gasteiger partial charge in [-0.15, -0.1) is 0 Å². The minimum atomic E-state index is -2.11. The number of rotatable bonds is 66. The highest BCUT2D eigenvalue weighted by atomic mass is 16.8. The normalized spacial score (nSPS) is 39.0. The average Bonchev–Trinajstić information content (AvgIpc) is 0.796. The lowest BCUT2D eigenvalue weighted by Gasteiger charge is -2.47. The number of ether oxygens (including phenoxy) is 16. The van der Waals surface area contributed by atoms with E-state index in [1.165, 1.54) is 77.0 Å². The maximum Gasteiger partial charge on any atom is 0.187 e. The van der Waals surface area contributed by atoms with Gasteiger partial charge in [0.2, 0.25) is 0 Å². The molecule has 17 unspecified atom stereocenters. The number of aliphatic hydroxyl groups is 28. The molecule has 8 heterocycles. The molecule has 8 fully saturated rings. The Morgan fingerprint density at radius 1 is 0.204 bits per heavy atom. The van der Waals surface area contributed by atoms with Gasteiger partial charge in [-0.25, -0.2) is 0 Å². The van der Waals surface area contributed by atoms with Crippen LogP contribution >= 0.6 is 0 Å². The van der Waals surface area contributed by atoms with Crippen LogP contribution in [0.15, 0.2) is 24.3 Å². The van der Waals surface area contributed by atoms with Crippen LogP contribution in [-0.2, 0) is 88.6 Å². The third-order valence-electron chi connectivity index (χ3n) is 29.4. The van der Waals surface area contributed by atoms with Crippen LogP contribution in [0.3, 0.4) is 0 Å². The van der Waals surface area contributed by atoms with Gasteiger partial charge in [-0.1, -0.05) is 244 Å². The summed E-state index contributed by atoms with van der Waals surface area (Å²) in [5.41, 5.74) is -2.17. The van der Waals surface area contributed by atoms with E-state index in [1.54, 1.807) is 24.3 Å². The van der Waals surface area contributed by atoms with Crippen molar-refractivity contribution in [2.75, 3.05) is 79.3 Å². The highest BCUT2D eigenvalue weighted by Crippen LogP contribution is 2.44. The molecule has 41 atom stereocenters. The van der Waals surface area contributed by atoms with Crippen LogP contribution in [0.1, 0.15) is 243 Å².